The van der Waals surface area contributed by atoms with Gasteiger partial charge in [0.15, 0.2) is 0 Å². The number of pyridine rings is 1. The van der Waals surface area contributed by atoms with Crippen LogP contribution in [0.5, 0.6) is 0 Å². The Labute approximate surface area is 168 Å². The number of rotatable bonds is 8. The Balaban J connectivity index is 2.02. The summed E-state index contributed by atoms with van der Waals surface area (Å²) < 4.78 is 14.7. The Morgan fingerprint density at radius 3 is 2.38 bits per heavy atom. The largest absolute Gasteiger partial charge is 0.462 e. The molecule has 2 aromatic rings. The number of carbonyl (C=O) groups is 3. The van der Waals surface area contributed by atoms with Gasteiger partial charge in [0.25, 0.3) is 5.91 Å². The molecule has 0 fully saturated rings. The molecule has 9 nitrogen and oxygen atoms in total. The van der Waals surface area contributed by atoms with Crippen LogP contribution in [0.3, 0.4) is 0 Å². The van der Waals surface area contributed by atoms with Gasteiger partial charge in [-0.25, -0.2) is 14.6 Å². The molecule has 1 heterocycles. The Morgan fingerprint density at radius 1 is 1.00 bits per heavy atom. The van der Waals surface area contributed by atoms with Gasteiger partial charge in [-0.15, -0.1) is 0 Å². The fourth-order valence-electron chi connectivity index (χ4n) is 2.35. The van der Waals surface area contributed by atoms with Crippen molar-refractivity contribution in [3.05, 3.63) is 53.3 Å². The fourth-order valence-corrected chi connectivity index (χ4v) is 2.35. The van der Waals surface area contributed by atoms with Crippen LogP contribution in [0.15, 0.2) is 36.4 Å². The van der Waals surface area contributed by atoms with Crippen LogP contribution in [0, 0.1) is 6.92 Å². The smallest absolute Gasteiger partial charge is 0.411 e. The molecule has 2 N–H and O–H groups in total. The zero-order valence-electron chi connectivity index (χ0n) is 16.5. The summed E-state index contributed by atoms with van der Waals surface area (Å²) >= 11 is 0. The van der Waals surface area contributed by atoms with E-state index < -0.39 is 18.0 Å². The average Bonchev–Trinajstić information content (AvgIpc) is 2.68. The summed E-state index contributed by atoms with van der Waals surface area (Å²) in [7, 11) is 1.51. The van der Waals surface area contributed by atoms with Crippen molar-refractivity contribution in [1.29, 1.82) is 0 Å². The number of carbonyl (C=O) groups excluding carboxylic acids is 3. The lowest BCUT2D eigenvalue weighted by Gasteiger charge is -2.10. The monoisotopic (exact) mass is 401 g/mol. The first kappa shape index (κ1) is 21.8. The third kappa shape index (κ3) is 6.58. The van der Waals surface area contributed by atoms with Crippen molar-refractivity contribution < 1.29 is 28.6 Å². The van der Waals surface area contributed by atoms with E-state index in [1.54, 1.807) is 38.1 Å². The van der Waals surface area contributed by atoms with E-state index in [9.17, 15) is 14.4 Å². The molecule has 0 unspecified atom stereocenters. The van der Waals surface area contributed by atoms with Crippen LogP contribution >= 0.6 is 0 Å². The van der Waals surface area contributed by atoms with Gasteiger partial charge in [-0.1, -0.05) is 6.07 Å². The number of nitrogens with one attached hydrogen (secondary N) is 2. The predicted molar refractivity (Wildman–Crippen MR) is 106 cm³/mol. The number of nitrogens with zero attached hydrogens (tertiary/aromatic N) is 1. The summed E-state index contributed by atoms with van der Waals surface area (Å²) in [6, 6.07) is 9.52. The van der Waals surface area contributed by atoms with E-state index in [4.69, 9.17) is 14.2 Å². The summed E-state index contributed by atoms with van der Waals surface area (Å²) in [5, 5.41) is 5.26. The molecular formula is C20H23N3O6. The van der Waals surface area contributed by atoms with Gasteiger partial charge in [0.1, 0.15) is 12.3 Å². The second-order valence-electron chi connectivity index (χ2n) is 5.84. The number of aryl methyl sites for hydroxylation is 1. The van der Waals surface area contributed by atoms with Crippen LogP contribution in [0.1, 0.15) is 33.5 Å². The first-order valence-electron chi connectivity index (χ1n) is 8.93. The maximum Gasteiger partial charge on any atom is 0.411 e. The van der Waals surface area contributed by atoms with Gasteiger partial charge in [0.2, 0.25) is 0 Å². The van der Waals surface area contributed by atoms with Crippen LogP contribution in [0.4, 0.5) is 16.2 Å². The van der Waals surface area contributed by atoms with Crippen molar-refractivity contribution in [3.63, 3.8) is 0 Å². The van der Waals surface area contributed by atoms with Gasteiger partial charge in [-0.05, 0) is 44.2 Å². The molecule has 154 valence electrons. The maximum atomic E-state index is 12.5. The van der Waals surface area contributed by atoms with Gasteiger partial charge in [0, 0.05) is 18.5 Å². The SMILES string of the molecule is CCOC(=O)c1ccc(C(=O)Nc2cccc(NC(=O)OCCOC)c2)nc1C. The van der Waals surface area contributed by atoms with Gasteiger partial charge >= 0.3 is 12.1 Å². The van der Waals surface area contributed by atoms with Crippen molar-refractivity contribution in [2.24, 2.45) is 0 Å². The molecule has 0 aliphatic carbocycles. The Bertz CT molecular complexity index is 884. The van der Waals surface area contributed by atoms with Crippen molar-refractivity contribution in [2.45, 2.75) is 13.8 Å². The number of aromatic nitrogens is 1. The molecule has 2 amide bonds. The molecule has 0 aliphatic rings. The molecule has 0 saturated carbocycles. The summed E-state index contributed by atoms with van der Waals surface area (Å²) in [5.74, 6) is -0.941. The second-order valence-corrected chi connectivity index (χ2v) is 5.84. The molecular weight excluding hydrogens is 378 g/mol. The summed E-state index contributed by atoms with van der Waals surface area (Å²) in [5.41, 5.74) is 1.76. The molecule has 0 atom stereocenters. The normalized spacial score (nSPS) is 10.2. The molecule has 0 bridgehead atoms. The lowest BCUT2D eigenvalue weighted by molar-refractivity contribution is 0.0524. The van der Waals surface area contributed by atoms with Crippen LogP contribution in [0.25, 0.3) is 0 Å². The van der Waals surface area contributed by atoms with E-state index in [1.807, 2.05) is 0 Å². The minimum absolute atomic E-state index is 0.131. The van der Waals surface area contributed by atoms with Gasteiger partial charge < -0.3 is 19.5 Å². The van der Waals surface area contributed by atoms with E-state index in [0.717, 1.165) is 0 Å². The van der Waals surface area contributed by atoms with Crippen LogP contribution in [-0.2, 0) is 14.2 Å². The molecule has 0 saturated heterocycles. The third-order valence-electron chi connectivity index (χ3n) is 3.70. The number of anilines is 2. The minimum Gasteiger partial charge on any atom is -0.462 e. The van der Waals surface area contributed by atoms with Crippen molar-refractivity contribution in [2.75, 3.05) is 37.6 Å². The lowest BCUT2D eigenvalue weighted by Crippen LogP contribution is -2.17. The fraction of sp³-hybridized carbons (Fsp3) is 0.300. The topological polar surface area (TPSA) is 116 Å². The third-order valence-corrected chi connectivity index (χ3v) is 3.70. The number of benzene rings is 1. The predicted octanol–water partition coefficient (Wildman–Crippen LogP) is 3.01. The number of hydrogen-bond donors (Lipinski definition) is 2. The molecule has 1 aromatic carbocycles. The van der Waals surface area contributed by atoms with Crippen LogP contribution in [-0.4, -0.2) is 49.9 Å². The number of amides is 2. The van der Waals surface area contributed by atoms with Crippen molar-refractivity contribution >= 4 is 29.3 Å². The van der Waals surface area contributed by atoms with E-state index in [0.29, 0.717) is 29.2 Å². The van der Waals surface area contributed by atoms with E-state index in [2.05, 4.69) is 15.6 Å². The maximum absolute atomic E-state index is 12.5. The zero-order chi connectivity index (χ0) is 21.2. The zero-order valence-corrected chi connectivity index (χ0v) is 16.5. The first-order valence-corrected chi connectivity index (χ1v) is 8.93. The summed E-state index contributed by atoms with van der Waals surface area (Å²) in [6.45, 7) is 4.02. The highest BCUT2D eigenvalue weighted by atomic mass is 16.6. The number of ether oxygens (including phenoxy) is 3. The van der Waals surface area contributed by atoms with Crippen molar-refractivity contribution in [3.8, 4) is 0 Å². The Kier molecular flexibility index (Phi) is 8.11. The minimum atomic E-state index is -0.627. The molecule has 9 heteroatoms. The highest BCUT2D eigenvalue weighted by Gasteiger charge is 2.15. The molecule has 1 aromatic heterocycles. The van der Waals surface area contributed by atoms with Gasteiger partial charge in [-0.3, -0.25) is 10.1 Å². The second kappa shape index (κ2) is 10.8. The van der Waals surface area contributed by atoms with Crippen molar-refractivity contribution in [1.82, 2.24) is 4.98 Å². The first-order chi connectivity index (χ1) is 13.9. The molecule has 0 radical (unpaired) electrons. The highest BCUT2D eigenvalue weighted by Crippen LogP contribution is 2.17. The average molecular weight is 401 g/mol. The Hall–Kier alpha value is -3.46. The van der Waals surface area contributed by atoms with E-state index in [1.165, 1.54) is 19.2 Å². The molecule has 0 aliphatic heterocycles. The van der Waals surface area contributed by atoms with Crippen LogP contribution < -0.4 is 10.6 Å². The number of hydrogen-bond acceptors (Lipinski definition) is 7. The molecule has 0 spiro atoms. The van der Waals surface area contributed by atoms with E-state index in [-0.39, 0.29) is 18.9 Å². The molecule has 2 rings (SSSR count). The van der Waals surface area contributed by atoms with Gasteiger partial charge in [0.05, 0.1) is 24.5 Å². The number of esters is 1. The van der Waals surface area contributed by atoms with E-state index >= 15 is 0 Å². The number of methoxy groups -OCH3 is 1. The Morgan fingerprint density at radius 2 is 1.72 bits per heavy atom. The van der Waals surface area contributed by atoms with Gasteiger partial charge in [-0.2, -0.15) is 0 Å². The highest BCUT2D eigenvalue weighted by molar-refractivity contribution is 6.03. The van der Waals surface area contributed by atoms with Crippen LogP contribution in [0.2, 0.25) is 0 Å². The standard InChI is InChI=1S/C20H23N3O6/c1-4-28-19(25)16-8-9-17(21-13(16)2)18(24)22-14-6-5-7-15(12-14)23-20(26)29-11-10-27-3/h5-9,12H,4,10-11H2,1-3H3,(H,22,24)(H,23,26). The quantitative estimate of drug-likeness (QED) is 0.516. The summed E-state index contributed by atoms with van der Waals surface area (Å²) in [4.78, 5) is 40.2. The molecule has 29 heavy (non-hydrogen) atoms. The lowest BCUT2D eigenvalue weighted by atomic mass is 10.2. The summed E-state index contributed by atoms with van der Waals surface area (Å²) in [6.07, 6.45) is -0.627.